The van der Waals surface area contributed by atoms with Crippen molar-refractivity contribution in [2.24, 2.45) is 0 Å². The molecule has 118 valence electrons. The zero-order chi connectivity index (χ0) is 15.2. The third-order valence-corrected chi connectivity index (χ3v) is 3.77. The van der Waals surface area contributed by atoms with E-state index in [1.54, 1.807) is 0 Å². The predicted octanol–water partition coefficient (Wildman–Crippen LogP) is 2.54. The Hall–Kier alpha value is -1.26. The van der Waals surface area contributed by atoms with Crippen LogP contribution in [0.25, 0.3) is 0 Å². The molecule has 1 aromatic rings. The molecule has 0 spiro atoms. The van der Waals surface area contributed by atoms with E-state index in [0.717, 1.165) is 50.5 Å². The van der Waals surface area contributed by atoms with Crippen molar-refractivity contribution in [2.45, 2.75) is 52.4 Å². The first-order valence-electron chi connectivity index (χ1n) is 8.03. The van der Waals surface area contributed by atoms with Crippen molar-refractivity contribution in [3.8, 4) is 5.75 Å². The van der Waals surface area contributed by atoms with E-state index >= 15 is 0 Å². The molecule has 0 radical (unpaired) electrons. The molecule has 1 aliphatic rings. The molecule has 0 bridgehead atoms. The Morgan fingerprint density at radius 3 is 2.67 bits per heavy atom. The maximum absolute atomic E-state index is 9.66. The second-order valence-corrected chi connectivity index (χ2v) is 5.97. The molecule has 0 aliphatic carbocycles. The van der Waals surface area contributed by atoms with Crippen molar-refractivity contribution in [2.75, 3.05) is 24.5 Å². The highest BCUT2D eigenvalue weighted by Crippen LogP contribution is 2.32. The van der Waals surface area contributed by atoms with Crippen LogP contribution in [0.3, 0.4) is 0 Å². The maximum atomic E-state index is 9.66. The summed E-state index contributed by atoms with van der Waals surface area (Å²) in [5.41, 5.74) is 2.39. The summed E-state index contributed by atoms with van der Waals surface area (Å²) in [4.78, 5) is 2.32. The zero-order valence-corrected chi connectivity index (χ0v) is 13.4. The Bertz CT molecular complexity index is 440. The molecule has 21 heavy (non-hydrogen) atoms. The van der Waals surface area contributed by atoms with Crippen LogP contribution in [0.4, 0.5) is 5.69 Å². The second kappa shape index (κ2) is 7.66. The number of ether oxygens (including phenoxy) is 1. The van der Waals surface area contributed by atoms with E-state index in [4.69, 9.17) is 4.74 Å². The van der Waals surface area contributed by atoms with Crippen LogP contribution in [0, 0.1) is 0 Å². The molecule has 0 atom stereocenters. The van der Waals surface area contributed by atoms with Gasteiger partial charge in [0, 0.05) is 19.6 Å². The number of rotatable bonds is 6. The first-order valence-corrected chi connectivity index (χ1v) is 8.03. The van der Waals surface area contributed by atoms with Crippen LogP contribution in [-0.4, -0.2) is 36.9 Å². The fourth-order valence-electron chi connectivity index (χ4n) is 2.65. The predicted molar refractivity (Wildman–Crippen MR) is 87.0 cm³/mol. The van der Waals surface area contributed by atoms with Gasteiger partial charge in [-0.3, -0.25) is 0 Å². The number of nitrogens with one attached hydrogen (secondary N) is 1. The highest BCUT2D eigenvalue weighted by molar-refractivity contribution is 5.60. The minimum atomic E-state index is -0.149. The molecule has 1 aromatic carbocycles. The third kappa shape index (κ3) is 4.61. The van der Waals surface area contributed by atoms with E-state index in [-0.39, 0.29) is 12.2 Å². The van der Waals surface area contributed by atoms with Gasteiger partial charge in [0.05, 0.1) is 17.9 Å². The van der Waals surface area contributed by atoms with Crippen molar-refractivity contribution < 1.29 is 9.84 Å². The van der Waals surface area contributed by atoms with Crippen LogP contribution < -0.4 is 15.0 Å². The molecular formula is C17H28N2O2. The summed E-state index contributed by atoms with van der Waals surface area (Å²) in [6, 6.07) is 6.46. The van der Waals surface area contributed by atoms with E-state index in [0.29, 0.717) is 0 Å². The van der Waals surface area contributed by atoms with Gasteiger partial charge in [-0.25, -0.2) is 0 Å². The van der Waals surface area contributed by atoms with E-state index < -0.39 is 0 Å². The van der Waals surface area contributed by atoms with E-state index in [2.05, 4.69) is 49.2 Å². The van der Waals surface area contributed by atoms with E-state index in [1.165, 1.54) is 5.56 Å². The molecule has 0 saturated carbocycles. The zero-order valence-electron chi connectivity index (χ0n) is 13.4. The van der Waals surface area contributed by atoms with Gasteiger partial charge in [-0.15, -0.1) is 0 Å². The quantitative estimate of drug-likeness (QED) is 0.846. The van der Waals surface area contributed by atoms with Crippen LogP contribution >= 0.6 is 0 Å². The Morgan fingerprint density at radius 2 is 2.05 bits per heavy atom. The largest absolute Gasteiger partial charge is 0.489 e. The lowest BCUT2D eigenvalue weighted by Gasteiger charge is -2.33. The van der Waals surface area contributed by atoms with Crippen molar-refractivity contribution in [3.05, 3.63) is 23.8 Å². The number of nitrogens with zero attached hydrogens (tertiary/aromatic N) is 1. The fraction of sp³-hybridized carbons (Fsp3) is 0.647. The standard InChI is InChI=1S/C17H28N2O2/c1-4-18-12-14-5-6-16(17(11-14)21-13(2)3)19-9-7-15(20)8-10-19/h5-6,11,13,15,18,20H,4,7-10,12H2,1-3H3. The molecule has 2 N–H and O–H groups in total. The Labute approximate surface area is 128 Å². The molecule has 1 heterocycles. The average molecular weight is 292 g/mol. The van der Waals surface area contributed by atoms with Gasteiger partial charge in [0.1, 0.15) is 5.75 Å². The van der Waals surface area contributed by atoms with Gasteiger partial charge in [-0.1, -0.05) is 13.0 Å². The Balaban J connectivity index is 2.18. The summed E-state index contributed by atoms with van der Waals surface area (Å²) in [6.07, 6.45) is 1.68. The first-order chi connectivity index (χ1) is 10.1. The second-order valence-electron chi connectivity index (χ2n) is 5.97. The number of aliphatic hydroxyl groups excluding tert-OH is 1. The summed E-state index contributed by atoms with van der Waals surface area (Å²) in [7, 11) is 0. The summed E-state index contributed by atoms with van der Waals surface area (Å²) < 4.78 is 6.01. The van der Waals surface area contributed by atoms with Crippen LogP contribution in [0.5, 0.6) is 5.75 Å². The van der Waals surface area contributed by atoms with Gasteiger partial charge in [0.15, 0.2) is 0 Å². The van der Waals surface area contributed by atoms with Crippen LogP contribution in [-0.2, 0) is 6.54 Å². The third-order valence-electron chi connectivity index (χ3n) is 3.77. The van der Waals surface area contributed by atoms with E-state index in [1.807, 2.05) is 0 Å². The molecule has 0 amide bonds. The van der Waals surface area contributed by atoms with Crippen LogP contribution in [0.15, 0.2) is 18.2 Å². The van der Waals surface area contributed by atoms with Gasteiger partial charge in [-0.2, -0.15) is 0 Å². The minimum Gasteiger partial charge on any atom is -0.489 e. The molecule has 0 unspecified atom stereocenters. The highest BCUT2D eigenvalue weighted by atomic mass is 16.5. The molecule has 1 aliphatic heterocycles. The van der Waals surface area contributed by atoms with Gasteiger partial charge >= 0.3 is 0 Å². The number of hydrogen-bond donors (Lipinski definition) is 2. The maximum Gasteiger partial charge on any atom is 0.143 e. The van der Waals surface area contributed by atoms with Crippen LogP contribution in [0.1, 0.15) is 39.2 Å². The van der Waals surface area contributed by atoms with Gasteiger partial charge < -0.3 is 20.1 Å². The molecule has 2 rings (SSSR count). The minimum absolute atomic E-state index is 0.149. The molecular weight excluding hydrogens is 264 g/mol. The average Bonchev–Trinajstić information content (AvgIpc) is 2.46. The molecule has 4 nitrogen and oxygen atoms in total. The summed E-state index contributed by atoms with van der Waals surface area (Å²) in [5.74, 6) is 0.955. The van der Waals surface area contributed by atoms with Gasteiger partial charge in [-0.05, 0) is 50.9 Å². The van der Waals surface area contributed by atoms with Crippen molar-refractivity contribution in [1.29, 1.82) is 0 Å². The normalized spacial score (nSPS) is 16.5. The molecule has 4 heteroatoms. The summed E-state index contributed by atoms with van der Waals surface area (Å²) in [6.45, 7) is 9.83. The topological polar surface area (TPSA) is 44.7 Å². The number of hydrogen-bond acceptors (Lipinski definition) is 4. The highest BCUT2D eigenvalue weighted by Gasteiger charge is 2.20. The van der Waals surface area contributed by atoms with Crippen molar-refractivity contribution in [1.82, 2.24) is 5.32 Å². The smallest absolute Gasteiger partial charge is 0.143 e. The molecule has 1 saturated heterocycles. The monoisotopic (exact) mass is 292 g/mol. The number of piperidine rings is 1. The first kappa shape index (κ1) is 16.1. The Morgan fingerprint density at radius 1 is 1.33 bits per heavy atom. The summed E-state index contributed by atoms with van der Waals surface area (Å²) in [5, 5.41) is 13.0. The Kier molecular flexibility index (Phi) is 5.88. The lowest BCUT2D eigenvalue weighted by Crippen LogP contribution is -2.36. The molecule has 1 fully saturated rings. The fourth-order valence-corrected chi connectivity index (χ4v) is 2.65. The lowest BCUT2D eigenvalue weighted by molar-refractivity contribution is 0.145. The van der Waals surface area contributed by atoms with Crippen molar-refractivity contribution in [3.63, 3.8) is 0 Å². The van der Waals surface area contributed by atoms with E-state index in [9.17, 15) is 5.11 Å². The SMILES string of the molecule is CCNCc1ccc(N2CCC(O)CC2)c(OC(C)C)c1. The molecule has 0 aromatic heterocycles. The summed E-state index contributed by atoms with van der Waals surface area (Å²) >= 11 is 0. The van der Waals surface area contributed by atoms with Crippen LogP contribution in [0.2, 0.25) is 0 Å². The number of aliphatic hydroxyl groups is 1. The number of benzene rings is 1. The van der Waals surface area contributed by atoms with Gasteiger partial charge in [0.2, 0.25) is 0 Å². The lowest BCUT2D eigenvalue weighted by atomic mass is 10.1. The van der Waals surface area contributed by atoms with Crippen molar-refractivity contribution >= 4 is 5.69 Å². The van der Waals surface area contributed by atoms with Gasteiger partial charge in [0.25, 0.3) is 0 Å². The number of anilines is 1.